The summed E-state index contributed by atoms with van der Waals surface area (Å²) >= 11 is 0. The molecule has 1 aliphatic rings. The summed E-state index contributed by atoms with van der Waals surface area (Å²) in [7, 11) is 0. The van der Waals surface area contributed by atoms with Crippen LogP contribution in [0.2, 0.25) is 0 Å². The molecule has 4 rings (SSSR count). The molecular formula is C27H39N7O. The van der Waals surface area contributed by atoms with Crippen LogP contribution in [0.4, 0.5) is 5.82 Å². The van der Waals surface area contributed by atoms with Gasteiger partial charge < -0.3 is 15.1 Å². The minimum atomic E-state index is 0.0504. The second-order valence-corrected chi connectivity index (χ2v) is 9.51. The minimum Gasteiger partial charge on any atom is -0.355 e. The lowest BCUT2D eigenvalue weighted by Crippen LogP contribution is -2.43. The topological polar surface area (TPSA) is 79.2 Å². The van der Waals surface area contributed by atoms with Gasteiger partial charge in [0.15, 0.2) is 5.82 Å². The van der Waals surface area contributed by atoms with E-state index in [1.165, 1.54) is 12.8 Å². The molecule has 1 aromatic carbocycles. The largest absolute Gasteiger partial charge is 0.355 e. The summed E-state index contributed by atoms with van der Waals surface area (Å²) in [5, 5.41) is 18.2. The molecule has 1 aliphatic heterocycles. The maximum absolute atomic E-state index is 12.8. The number of nitrogens with zero attached hydrogens (tertiary/aromatic N) is 6. The number of hydrogen-bond acceptors (Lipinski definition) is 6. The third-order valence-electron chi connectivity index (χ3n) is 7.15. The number of benzene rings is 1. The Labute approximate surface area is 208 Å². The molecule has 35 heavy (non-hydrogen) atoms. The fourth-order valence-corrected chi connectivity index (χ4v) is 4.99. The Morgan fingerprint density at radius 2 is 1.83 bits per heavy atom. The van der Waals surface area contributed by atoms with Crippen LogP contribution in [-0.4, -0.2) is 70.1 Å². The van der Waals surface area contributed by atoms with Crippen LogP contribution >= 0.6 is 0 Å². The lowest BCUT2D eigenvalue weighted by atomic mass is 9.96. The predicted molar refractivity (Wildman–Crippen MR) is 141 cm³/mol. The van der Waals surface area contributed by atoms with Crippen molar-refractivity contribution in [2.75, 3.05) is 44.2 Å². The molecule has 0 unspecified atom stereocenters. The van der Waals surface area contributed by atoms with Crippen molar-refractivity contribution in [3.63, 3.8) is 0 Å². The molecule has 2 aromatic heterocycles. The van der Waals surface area contributed by atoms with Gasteiger partial charge in [-0.15, -0.1) is 5.10 Å². The van der Waals surface area contributed by atoms with Gasteiger partial charge in [0.25, 0.3) is 0 Å². The quantitative estimate of drug-likeness (QED) is 0.477. The number of carbonyl (C=O) groups excluding carboxylic acids is 1. The van der Waals surface area contributed by atoms with Gasteiger partial charge in [0, 0.05) is 32.1 Å². The van der Waals surface area contributed by atoms with Gasteiger partial charge in [0.1, 0.15) is 5.52 Å². The number of aromatic nitrogens is 4. The first-order valence-electron chi connectivity index (χ1n) is 13.1. The van der Waals surface area contributed by atoms with Crippen molar-refractivity contribution in [3.8, 4) is 5.69 Å². The van der Waals surface area contributed by atoms with E-state index in [4.69, 9.17) is 5.10 Å². The normalized spacial score (nSPS) is 14.7. The number of likely N-dealkylation sites (N-methyl/N-ethyl adjacent to an activating group) is 1. The van der Waals surface area contributed by atoms with Crippen LogP contribution in [-0.2, 0) is 4.79 Å². The zero-order valence-electron chi connectivity index (χ0n) is 21.6. The Morgan fingerprint density at radius 3 is 2.51 bits per heavy atom. The smallest absolute Gasteiger partial charge is 0.223 e. The predicted octanol–water partition coefficient (Wildman–Crippen LogP) is 3.89. The van der Waals surface area contributed by atoms with Crippen LogP contribution < -0.4 is 10.2 Å². The van der Waals surface area contributed by atoms with E-state index in [1.807, 2.05) is 29.8 Å². The summed E-state index contributed by atoms with van der Waals surface area (Å²) < 4.78 is 1.98. The van der Waals surface area contributed by atoms with Crippen LogP contribution in [0.5, 0.6) is 0 Å². The van der Waals surface area contributed by atoms with Crippen LogP contribution in [0, 0.1) is 19.8 Å². The first-order chi connectivity index (χ1) is 17.0. The average molecular weight is 478 g/mol. The molecule has 0 bridgehead atoms. The molecule has 1 saturated heterocycles. The standard InChI is InChI=1S/C27H39N7O/c1-5-7-16-32(6-2)19-15-28-27(35)22-13-17-33(18-14-22)26-25-24(20(3)29-30-26)21(4)34(31-25)23-11-9-8-10-12-23/h8-12,22H,5-7,13-19H2,1-4H3,(H,28,35). The van der Waals surface area contributed by atoms with E-state index in [2.05, 4.69) is 58.2 Å². The van der Waals surface area contributed by atoms with E-state index in [9.17, 15) is 4.79 Å². The SMILES string of the molecule is CCCCN(CC)CCNC(=O)C1CCN(c2nnc(C)c3c(C)n(-c4ccccc4)nc23)CC1. The van der Waals surface area contributed by atoms with E-state index in [-0.39, 0.29) is 11.8 Å². The molecule has 0 aliphatic carbocycles. The summed E-state index contributed by atoms with van der Waals surface area (Å²) in [5.41, 5.74) is 3.86. The first-order valence-corrected chi connectivity index (χ1v) is 13.1. The molecule has 1 fully saturated rings. The number of nitrogens with one attached hydrogen (secondary N) is 1. The van der Waals surface area contributed by atoms with Gasteiger partial charge in [-0.25, -0.2) is 4.68 Å². The third kappa shape index (κ3) is 5.64. The Morgan fingerprint density at radius 1 is 1.09 bits per heavy atom. The number of fused-ring (bicyclic) bond motifs is 1. The van der Waals surface area contributed by atoms with Crippen molar-refractivity contribution in [2.45, 2.75) is 53.4 Å². The Kier molecular flexibility index (Phi) is 8.33. The van der Waals surface area contributed by atoms with Gasteiger partial charge in [-0.3, -0.25) is 4.79 Å². The van der Waals surface area contributed by atoms with Crippen LogP contribution in [0.15, 0.2) is 30.3 Å². The minimum absolute atomic E-state index is 0.0504. The van der Waals surface area contributed by atoms with Crippen molar-refractivity contribution < 1.29 is 4.79 Å². The number of piperidine rings is 1. The number of anilines is 1. The molecule has 0 atom stereocenters. The molecule has 0 radical (unpaired) electrons. The number of hydrogen-bond donors (Lipinski definition) is 1. The lowest BCUT2D eigenvalue weighted by molar-refractivity contribution is -0.125. The summed E-state index contributed by atoms with van der Waals surface area (Å²) in [6.07, 6.45) is 4.03. The maximum atomic E-state index is 12.8. The molecular weight excluding hydrogens is 438 g/mol. The van der Waals surface area contributed by atoms with E-state index in [0.717, 1.165) is 85.9 Å². The Balaban J connectivity index is 1.40. The number of para-hydroxylation sites is 1. The van der Waals surface area contributed by atoms with Crippen LogP contribution in [0.1, 0.15) is 50.9 Å². The molecule has 8 heteroatoms. The lowest BCUT2D eigenvalue weighted by Gasteiger charge is -2.32. The number of aryl methyl sites for hydroxylation is 2. The van der Waals surface area contributed by atoms with Gasteiger partial charge in [-0.2, -0.15) is 10.2 Å². The number of unbranched alkanes of at least 4 members (excludes halogenated alkanes) is 1. The number of rotatable bonds is 10. The molecule has 188 valence electrons. The Bertz CT molecular complexity index is 1120. The van der Waals surface area contributed by atoms with E-state index >= 15 is 0 Å². The van der Waals surface area contributed by atoms with Gasteiger partial charge in [0.2, 0.25) is 5.91 Å². The summed E-state index contributed by atoms with van der Waals surface area (Å²) in [4.78, 5) is 17.4. The van der Waals surface area contributed by atoms with Crippen LogP contribution in [0.25, 0.3) is 16.6 Å². The Hall–Kier alpha value is -3.00. The van der Waals surface area contributed by atoms with Crippen molar-refractivity contribution in [1.82, 2.24) is 30.2 Å². The summed E-state index contributed by atoms with van der Waals surface area (Å²) in [5.74, 6) is 1.05. The molecule has 8 nitrogen and oxygen atoms in total. The van der Waals surface area contributed by atoms with Crippen molar-refractivity contribution in [3.05, 3.63) is 41.7 Å². The monoisotopic (exact) mass is 477 g/mol. The van der Waals surface area contributed by atoms with Gasteiger partial charge >= 0.3 is 0 Å². The van der Waals surface area contributed by atoms with E-state index in [1.54, 1.807) is 0 Å². The summed E-state index contributed by atoms with van der Waals surface area (Å²) in [6, 6.07) is 10.2. The number of amides is 1. The van der Waals surface area contributed by atoms with E-state index < -0.39 is 0 Å². The second kappa shape index (κ2) is 11.6. The van der Waals surface area contributed by atoms with Crippen molar-refractivity contribution >= 4 is 22.6 Å². The molecule has 3 heterocycles. The molecule has 1 amide bonds. The van der Waals surface area contributed by atoms with Gasteiger partial charge in [0.05, 0.1) is 22.5 Å². The highest BCUT2D eigenvalue weighted by molar-refractivity contribution is 5.92. The summed E-state index contributed by atoms with van der Waals surface area (Å²) in [6.45, 7) is 13.8. The highest BCUT2D eigenvalue weighted by Crippen LogP contribution is 2.31. The number of carbonyl (C=O) groups is 1. The molecule has 3 aromatic rings. The zero-order valence-corrected chi connectivity index (χ0v) is 21.6. The van der Waals surface area contributed by atoms with E-state index in [0.29, 0.717) is 0 Å². The highest BCUT2D eigenvalue weighted by Gasteiger charge is 2.28. The fraction of sp³-hybridized carbons (Fsp3) is 0.556. The molecule has 1 N–H and O–H groups in total. The zero-order chi connectivity index (χ0) is 24.8. The first kappa shape index (κ1) is 25.1. The fourth-order valence-electron chi connectivity index (χ4n) is 4.99. The third-order valence-corrected chi connectivity index (χ3v) is 7.15. The van der Waals surface area contributed by atoms with Gasteiger partial charge in [-0.05, 0) is 58.3 Å². The average Bonchev–Trinajstić information content (AvgIpc) is 3.24. The highest BCUT2D eigenvalue weighted by atomic mass is 16.1. The van der Waals surface area contributed by atoms with Crippen molar-refractivity contribution in [2.24, 2.45) is 5.92 Å². The molecule has 0 saturated carbocycles. The van der Waals surface area contributed by atoms with Gasteiger partial charge in [-0.1, -0.05) is 38.5 Å². The molecule has 0 spiro atoms. The maximum Gasteiger partial charge on any atom is 0.223 e. The van der Waals surface area contributed by atoms with Crippen molar-refractivity contribution in [1.29, 1.82) is 0 Å². The second-order valence-electron chi connectivity index (χ2n) is 9.51. The van der Waals surface area contributed by atoms with Crippen LogP contribution in [0.3, 0.4) is 0 Å².